The molecule has 0 fully saturated rings. The summed E-state index contributed by atoms with van der Waals surface area (Å²) >= 11 is 2.93. The van der Waals surface area contributed by atoms with E-state index in [4.69, 9.17) is 5.10 Å². The van der Waals surface area contributed by atoms with E-state index < -0.39 is 23.7 Å². The Morgan fingerprint density at radius 2 is 1.79 bits per heavy atom. The monoisotopic (exact) mass is 655 g/mol. The lowest BCUT2D eigenvalue weighted by molar-refractivity contribution is -0.138. The number of halogens is 4. The second-order valence-corrected chi connectivity index (χ2v) is 12.1. The van der Waals surface area contributed by atoms with Gasteiger partial charge in [-0.05, 0) is 68.1 Å². The van der Waals surface area contributed by atoms with Crippen LogP contribution < -0.4 is 16.5 Å². The van der Waals surface area contributed by atoms with Crippen LogP contribution in [0.2, 0.25) is 0 Å². The predicted octanol–water partition coefficient (Wildman–Crippen LogP) is 3.67. The van der Waals surface area contributed by atoms with Crippen LogP contribution >= 0.6 is 15.9 Å². The van der Waals surface area contributed by atoms with Crippen LogP contribution in [0.5, 0.6) is 0 Å². The highest BCUT2D eigenvalue weighted by atomic mass is 79.9. The van der Waals surface area contributed by atoms with Gasteiger partial charge in [-0.2, -0.15) is 18.3 Å². The molecule has 2 amide bonds. The van der Waals surface area contributed by atoms with Crippen LogP contribution in [0.1, 0.15) is 63.9 Å². The van der Waals surface area contributed by atoms with E-state index in [1.165, 1.54) is 17.0 Å². The molecule has 1 N–H and O–H groups in total. The maximum Gasteiger partial charge on any atom is 0.417 e. The maximum atomic E-state index is 14.2. The smallest absolute Gasteiger partial charge is 0.355 e. The average Bonchev–Trinajstić information content (AvgIpc) is 3.26. The van der Waals surface area contributed by atoms with Gasteiger partial charge in [0.1, 0.15) is 5.65 Å². The summed E-state index contributed by atoms with van der Waals surface area (Å²) < 4.78 is 43.9. The molecule has 2 aromatic heterocycles. The molecular formula is C30H30BBrF3N5O3. The van der Waals surface area contributed by atoms with Gasteiger partial charge in [-0.15, -0.1) is 0 Å². The first-order valence-electron chi connectivity index (χ1n) is 13.9. The molecule has 13 heteroatoms. The fourth-order valence-electron chi connectivity index (χ4n) is 5.64. The van der Waals surface area contributed by atoms with E-state index in [0.717, 1.165) is 17.2 Å². The van der Waals surface area contributed by atoms with Crippen molar-refractivity contribution in [1.29, 1.82) is 0 Å². The van der Waals surface area contributed by atoms with Gasteiger partial charge in [0.2, 0.25) is 0 Å². The number of carbonyl (C=O) groups excluding carboxylic acids is 2. The van der Waals surface area contributed by atoms with Gasteiger partial charge in [0, 0.05) is 45.4 Å². The fraction of sp³-hybridized carbons (Fsp3) is 0.333. The maximum absolute atomic E-state index is 14.2. The molecule has 0 radical (unpaired) electrons. The van der Waals surface area contributed by atoms with Crippen molar-refractivity contribution in [2.45, 2.75) is 52.4 Å². The first-order valence-corrected chi connectivity index (χ1v) is 14.7. The third-order valence-corrected chi connectivity index (χ3v) is 8.48. The Morgan fingerprint density at radius 1 is 1.14 bits per heavy atom. The van der Waals surface area contributed by atoms with Crippen molar-refractivity contribution in [3.8, 4) is 5.69 Å². The molecule has 0 unspecified atom stereocenters. The molecule has 2 aromatic carbocycles. The Labute approximate surface area is 255 Å². The molecule has 1 atom stereocenters. The number of alkyl halides is 3. The van der Waals surface area contributed by atoms with Crippen LogP contribution in [-0.2, 0) is 25.6 Å². The Balaban J connectivity index is 1.68. The normalized spacial score (nSPS) is 15.2. The average molecular weight is 656 g/mol. The fourth-order valence-corrected chi connectivity index (χ4v) is 6.12. The quantitative estimate of drug-likeness (QED) is 0.333. The lowest BCUT2D eigenvalue weighted by atomic mass is 9.93. The zero-order valence-corrected chi connectivity index (χ0v) is 25.9. The Morgan fingerprint density at radius 3 is 2.40 bits per heavy atom. The molecule has 0 bridgehead atoms. The highest BCUT2D eigenvalue weighted by Crippen LogP contribution is 2.36. The number of nitrogens with one attached hydrogen (secondary N) is 1. The van der Waals surface area contributed by atoms with E-state index in [1.807, 2.05) is 7.85 Å². The molecule has 0 saturated heterocycles. The number of fused-ring (bicyclic) bond motifs is 3. The van der Waals surface area contributed by atoms with Crippen molar-refractivity contribution >= 4 is 46.8 Å². The summed E-state index contributed by atoms with van der Waals surface area (Å²) in [6.45, 7) is 5.90. The molecular weight excluding hydrogens is 626 g/mol. The van der Waals surface area contributed by atoms with Gasteiger partial charge < -0.3 is 10.2 Å². The summed E-state index contributed by atoms with van der Waals surface area (Å²) in [6.07, 6.45) is -3.81. The van der Waals surface area contributed by atoms with Gasteiger partial charge in [-0.3, -0.25) is 19.0 Å². The zero-order chi connectivity index (χ0) is 31.4. The van der Waals surface area contributed by atoms with Gasteiger partial charge in [0.05, 0.1) is 23.5 Å². The van der Waals surface area contributed by atoms with Crippen LogP contribution in [0, 0.1) is 5.92 Å². The van der Waals surface area contributed by atoms with E-state index >= 15 is 0 Å². The Kier molecular flexibility index (Phi) is 8.06. The molecule has 224 valence electrons. The molecule has 8 nitrogen and oxygen atoms in total. The summed E-state index contributed by atoms with van der Waals surface area (Å²) in [7, 11) is 3.41. The van der Waals surface area contributed by atoms with Crippen molar-refractivity contribution in [2.24, 2.45) is 5.92 Å². The molecule has 43 heavy (non-hydrogen) atoms. The largest absolute Gasteiger partial charge is 0.417 e. The predicted molar refractivity (Wildman–Crippen MR) is 163 cm³/mol. The van der Waals surface area contributed by atoms with Crippen LogP contribution in [0.4, 0.5) is 13.2 Å². The van der Waals surface area contributed by atoms with Gasteiger partial charge in [-0.25, -0.2) is 4.52 Å². The summed E-state index contributed by atoms with van der Waals surface area (Å²) in [5.74, 6) is -0.563. The van der Waals surface area contributed by atoms with Crippen LogP contribution in [-0.4, -0.2) is 51.8 Å². The topological polar surface area (TPSA) is 88.7 Å². The second-order valence-electron chi connectivity index (χ2n) is 11.3. The number of aromatic nitrogens is 3. The molecule has 3 heterocycles. The Bertz CT molecular complexity index is 1820. The minimum absolute atomic E-state index is 0.00280. The minimum atomic E-state index is -4.63. The number of nitrogens with zero attached hydrogens (tertiary/aromatic N) is 4. The highest BCUT2D eigenvalue weighted by molar-refractivity contribution is 9.10. The van der Waals surface area contributed by atoms with Gasteiger partial charge in [0.15, 0.2) is 7.85 Å². The summed E-state index contributed by atoms with van der Waals surface area (Å²) in [6, 6.07) is 9.69. The summed E-state index contributed by atoms with van der Waals surface area (Å²) in [4.78, 5) is 41.5. The van der Waals surface area contributed by atoms with Crippen molar-refractivity contribution in [3.05, 3.63) is 90.8 Å². The van der Waals surface area contributed by atoms with E-state index in [2.05, 4.69) is 35.1 Å². The lowest BCUT2D eigenvalue weighted by Gasteiger charge is -2.35. The molecule has 0 aliphatic carbocycles. The third-order valence-electron chi connectivity index (χ3n) is 7.79. The van der Waals surface area contributed by atoms with Crippen molar-refractivity contribution < 1.29 is 22.8 Å². The van der Waals surface area contributed by atoms with E-state index in [9.17, 15) is 27.6 Å². The number of rotatable bonds is 5. The lowest BCUT2D eigenvalue weighted by Crippen LogP contribution is -2.46. The standard InChI is InChI=1S/C30H30BBrF3N5O3/c1-15(2)11-21-25(31)37-40-24-14-38(28(42)18-7-10-23(32)22(13-18)30(33,34)35)16(3)12-20(24)29(43)39(27(21)40)19-8-5-17(6-9-19)26(41)36-4/h5-10,13,15-16H,11-12,14,31H2,1-4H3,(H,36,41)/t16-/m0/s1. The number of carbonyl (C=O) groups is 2. The Hall–Kier alpha value is -3.87. The van der Waals surface area contributed by atoms with E-state index in [0.29, 0.717) is 34.6 Å². The molecule has 0 saturated carbocycles. The van der Waals surface area contributed by atoms with Crippen molar-refractivity contribution in [3.63, 3.8) is 0 Å². The van der Waals surface area contributed by atoms with Gasteiger partial charge in [-0.1, -0.05) is 29.8 Å². The third kappa shape index (κ3) is 5.50. The molecule has 4 aromatic rings. The SMILES string of the molecule is Bc1nn2c3c(c(=O)n(-c4ccc(C(=O)NC)cc4)c2c1CC(C)C)C[C@H](C)N(C(=O)c1ccc(Br)c(C(F)(F)F)c1)C3. The molecule has 5 rings (SSSR count). The van der Waals surface area contributed by atoms with E-state index in [-0.39, 0.29) is 40.4 Å². The summed E-state index contributed by atoms with van der Waals surface area (Å²) in [5.41, 5.74) is 2.90. The molecule has 1 aliphatic rings. The first kappa shape index (κ1) is 30.6. The first-order chi connectivity index (χ1) is 20.2. The van der Waals surface area contributed by atoms with Crippen LogP contribution in [0.3, 0.4) is 0 Å². The minimum Gasteiger partial charge on any atom is -0.355 e. The number of hydrogen-bond donors (Lipinski definition) is 1. The van der Waals surface area contributed by atoms with Crippen LogP contribution in [0.15, 0.2) is 51.7 Å². The number of amides is 2. The molecule has 0 spiro atoms. The molecule has 1 aliphatic heterocycles. The van der Waals surface area contributed by atoms with E-state index in [1.54, 1.807) is 47.3 Å². The number of hydrogen-bond acceptors (Lipinski definition) is 4. The zero-order valence-electron chi connectivity index (χ0n) is 24.3. The summed E-state index contributed by atoms with van der Waals surface area (Å²) in [5, 5.41) is 7.40. The highest BCUT2D eigenvalue weighted by Gasteiger charge is 2.36. The van der Waals surface area contributed by atoms with Crippen molar-refractivity contribution in [2.75, 3.05) is 7.05 Å². The number of benzene rings is 2. The van der Waals surface area contributed by atoms with Gasteiger partial charge in [0.25, 0.3) is 17.4 Å². The van der Waals surface area contributed by atoms with Crippen LogP contribution in [0.25, 0.3) is 11.3 Å². The van der Waals surface area contributed by atoms with Crippen molar-refractivity contribution in [1.82, 2.24) is 24.4 Å². The second kappa shape index (κ2) is 11.3. The van der Waals surface area contributed by atoms with Gasteiger partial charge >= 0.3 is 6.18 Å².